The molecule has 0 fully saturated rings. The Bertz CT molecular complexity index is 1130. The minimum absolute atomic E-state index is 0.0282. The van der Waals surface area contributed by atoms with E-state index in [4.69, 9.17) is 9.72 Å². The highest BCUT2D eigenvalue weighted by Gasteiger charge is 2.25. The van der Waals surface area contributed by atoms with Crippen molar-refractivity contribution in [1.29, 1.82) is 0 Å². The van der Waals surface area contributed by atoms with E-state index in [0.29, 0.717) is 12.1 Å². The summed E-state index contributed by atoms with van der Waals surface area (Å²) in [4.78, 5) is 29.0. The fourth-order valence-electron chi connectivity index (χ4n) is 3.59. The maximum absolute atomic E-state index is 12.2. The van der Waals surface area contributed by atoms with Crippen LogP contribution >= 0.6 is 0 Å². The highest BCUT2D eigenvalue weighted by Crippen LogP contribution is 2.24. The van der Waals surface area contributed by atoms with Gasteiger partial charge in [-0.2, -0.15) is 0 Å². The highest BCUT2D eigenvalue weighted by atomic mass is 16.5. The predicted molar refractivity (Wildman–Crippen MR) is 120 cm³/mol. The molecule has 0 aliphatic heterocycles. The van der Waals surface area contributed by atoms with Crippen LogP contribution in [0.15, 0.2) is 35.3 Å². The molecular weight excluding hydrogens is 396 g/mol. The van der Waals surface area contributed by atoms with Crippen molar-refractivity contribution in [3.05, 3.63) is 51.9 Å². The van der Waals surface area contributed by atoms with Gasteiger partial charge in [-0.3, -0.25) is 14.9 Å². The number of carbonyl (C=O) groups is 1. The number of aryl methyl sites for hydroxylation is 3. The summed E-state index contributed by atoms with van der Waals surface area (Å²) >= 11 is 0. The minimum Gasteiger partial charge on any atom is -0.462 e. The van der Waals surface area contributed by atoms with Crippen LogP contribution in [0.25, 0.3) is 22.4 Å². The van der Waals surface area contributed by atoms with E-state index in [2.05, 4.69) is 5.32 Å². The average Bonchev–Trinajstić information content (AvgIpc) is 3.01. The van der Waals surface area contributed by atoms with E-state index in [9.17, 15) is 14.7 Å². The molecule has 1 aromatic carbocycles. The molecule has 8 nitrogen and oxygen atoms in total. The van der Waals surface area contributed by atoms with Gasteiger partial charge in [0, 0.05) is 38.0 Å². The van der Waals surface area contributed by atoms with E-state index in [-0.39, 0.29) is 11.7 Å². The van der Waals surface area contributed by atoms with Crippen LogP contribution in [-0.2, 0) is 30.2 Å². The van der Waals surface area contributed by atoms with E-state index in [1.54, 1.807) is 45.5 Å². The van der Waals surface area contributed by atoms with Crippen LogP contribution in [0.3, 0.4) is 0 Å². The van der Waals surface area contributed by atoms with Crippen molar-refractivity contribution in [1.82, 2.24) is 19.4 Å². The number of pyridine rings is 1. The van der Waals surface area contributed by atoms with Gasteiger partial charge in [0.25, 0.3) is 5.56 Å². The summed E-state index contributed by atoms with van der Waals surface area (Å²) in [5.74, 6) is 0.292. The molecule has 8 heteroatoms. The summed E-state index contributed by atoms with van der Waals surface area (Å²) in [6.07, 6.45) is 0.652. The molecule has 3 rings (SSSR count). The fraction of sp³-hybridized carbons (Fsp3) is 0.435. The molecule has 0 saturated carbocycles. The van der Waals surface area contributed by atoms with E-state index in [1.165, 1.54) is 0 Å². The molecule has 0 spiro atoms. The lowest BCUT2D eigenvalue weighted by Crippen LogP contribution is -2.46. The van der Waals surface area contributed by atoms with Crippen molar-refractivity contribution in [3.63, 3.8) is 0 Å². The van der Waals surface area contributed by atoms with Crippen LogP contribution < -0.4 is 10.9 Å². The molecule has 0 aliphatic rings. The van der Waals surface area contributed by atoms with E-state index in [0.717, 1.165) is 28.0 Å². The fourth-order valence-corrected chi connectivity index (χ4v) is 3.59. The van der Waals surface area contributed by atoms with Gasteiger partial charge in [-0.1, -0.05) is 6.07 Å². The smallest absolute Gasteiger partial charge is 0.326 e. The maximum atomic E-state index is 12.2. The molecule has 3 aromatic rings. The predicted octanol–water partition coefficient (Wildman–Crippen LogP) is 2.04. The second-order valence-electron chi connectivity index (χ2n) is 8.23. The Balaban J connectivity index is 1.87. The number of hydrogen-bond acceptors (Lipinski definition) is 6. The monoisotopic (exact) mass is 426 g/mol. The second-order valence-corrected chi connectivity index (χ2v) is 8.23. The molecule has 0 bridgehead atoms. The Morgan fingerprint density at radius 1 is 1.23 bits per heavy atom. The lowest BCUT2D eigenvalue weighted by molar-refractivity contribution is -0.152. The van der Waals surface area contributed by atoms with Crippen molar-refractivity contribution in [2.24, 2.45) is 14.1 Å². The van der Waals surface area contributed by atoms with Crippen molar-refractivity contribution >= 4 is 17.0 Å². The lowest BCUT2D eigenvalue weighted by Gasteiger charge is -2.21. The molecular formula is C23H30N4O4. The number of aliphatic hydroxyl groups excluding tert-OH is 1. The van der Waals surface area contributed by atoms with E-state index < -0.39 is 18.1 Å². The van der Waals surface area contributed by atoms with Crippen LogP contribution in [-0.4, -0.2) is 43.4 Å². The van der Waals surface area contributed by atoms with E-state index in [1.807, 2.05) is 35.9 Å². The quantitative estimate of drug-likeness (QED) is 0.561. The number of hydrogen-bond donors (Lipinski definition) is 2. The zero-order valence-electron chi connectivity index (χ0n) is 18.8. The van der Waals surface area contributed by atoms with Crippen molar-refractivity contribution in [2.45, 2.75) is 52.5 Å². The van der Waals surface area contributed by atoms with Gasteiger partial charge in [0.2, 0.25) is 0 Å². The van der Waals surface area contributed by atoms with Gasteiger partial charge in [-0.25, -0.2) is 4.98 Å². The van der Waals surface area contributed by atoms with Crippen molar-refractivity contribution < 1.29 is 14.6 Å². The highest BCUT2D eigenvalue weighted by molar-refractivity contribution is 5.81. The van der Waals surface area contributed by atoms with Gasteiger partial charge >= 0.3 is 5.97 Å². The third kappa shape index (κ3) is 4.86. The number of imidazole rings is 1. The average molecular weight is 427 g/mol. The Hall–Kier alpha value is -2.97. The molecule has 0 saturated heterocycles. The summed E-state index contributed by atoms with van der Waals surface area (Å²) in [5.41, 5.74) is 4.21. The number of aromatic nitrogens is 3. The molecule has 2 atom stereocenters. The maximum Gasteiger partial charge on any atom is 0.326 e. The van der Waals surface area contributed by atoms with Crippen LogP contribution in [0.4, 0.5) is 0 Å². The first-order valence-corrected chi connectivity index (χ1v) is 10.3. The number of benzene rings is 1. The van der Waals surface area contributed by atoms with Gasteiger partial charge in [-0.15, -0.1) is 0 Å². The normalized spacial score (nSPS) is 13.5. The molecule has 166 valence electrons. The van der Waals surface area contributed by atoms with Gasteiger partial charge in [0.1, 0.15) is 11.9 Å². The number of fused-ring (bicyclic) bond motifs is 1. The van der Waals surface area contributed by atoms with Gasteiger partial charge in [-0.05, 0) is 51.5 Å². The minimum atomic E-state index is -0.883. The molecule has 0 aliphatic carbocycles. The SMILES string of the molecule is Cc1cc(-c2nc3ccc(CN[C@H](C(=O)OC(C)C)[C@@H](C)O)cc3n2C)cn(C)c1=O. The Morgan fingerprint density at radius 3 is 2.55 bits per heavy atom. The van der Waals surface area contributed by atoms with Crippen LogP contribution in [0, 0.1) is 6.92 Å². The lowest BCUT2D eigenvalue weighted by atomic mass is 10.1. The number of nitrogens with zero attached hydrogens (tertiary/aromatic N) is 3. The number of nitrogens with one attached hydrogen (secondary N) is 1. The largest absolute Gasteiger partial charge is 0.462 e. The summed E-state index contributed by atoms with van der Waals surface area (Å²) < 4.78 is 8.78. The summed E-state index contributed by atoms with van der Waals surface area (Å²) in [6, 6.07) is 6.90. The zero-order valence-corrected chi connectivity index (χ0v) is 18.8. The summed E-state index contributed by atoms with van der Waals surface area (Å²) in [5, 5.41) is 13.1. The number of ether oxygens (including phenoxy) is 1. The first-order chi connectivity index (χ1) is 14.6. The van der Waals surface area contributed by atoms with Crippen molar-refractivity contribution in [2.75, 3.05) is 0 Å². The number of aliphatic hydroxyl groups is 1. The number of rotatable bonds is 7. The van der Waals surface area contributed by atoms with Gasteiger partial charge < -0.3 is 19.0 Å². The first-order valence-electron chi connectivity index (χ1n) is 10.3. The molecule has 2 heterocycles. The molecule has 0 amide bonds. The summed E-state index contributed by atoms with van der Waals surface area (Å²) in [7, 11) is 3.66. The number of carbonyl (C=O) groups excluding carboxylic acids is 1. The summed E-state index contributed by atoms with van der Waals surface area (Å²) in [6.45, 7) is 7.29. The van der Waals surface area contributed by atoms with Crippen LogP contribution in [0.2, 0.25) is 0 Å². The molecule has 31 heavy (non-hydrogen) atoms. The molecule has 2 N–H and O–H groups in total. The molecule has 2 aromatic heterocycles. The molecule has 0 unspecified atom stereocenters. The van der Waals surface area contributed by atoms with Crippen molar-refractivity contribution in [3.8, 4) is 11.4 Å². The first kappa shape index (κ1) is 22.7. The standard InChI is InChI=1S/C23H30N4O4/c1-13(2)31-23(30)20(15(4)28)24-11-16-7-8-18-19(10-16)27(6)21(25-18)17-9-14(3)22(29)26(5)12-17/h7-10,12-13,15,20,24,28H,11H2,1-6H3/t15-,20+/m1/s1. The Morgan fingerprint density at radius 2 is 1.94 bits per heavy atom. The molecule has 0 radical (unpaired) electrons. The van der Waals surface area contributed by atoms with E-state index >= 15 is 0 Å². The van der Waals surface area contributed by atoms with Crippen LogP contribution in [0.1, 0.15) is 31.9 Å². The third-order valence-electron chi connectivity index (χ3n) is 5.18. The Kier molecular flexibility index (Phi) is 6.62. The van der Waals surface area contributed by atoms with Crippen LogP contribution in [0.5, 0.6) is 0 Å². The number of esters is 1. The van der Waals surface area contributed by atoms with Gasteiger partial charge in [0.05, 0.1) is 23.2 Å². The Labute approximate surface area is 181 Å². The second kappa shape index (κ2) is 9.03. The third-order valence-corrected chi connectivity index (χ3v) is 5.18. The topological polar surface area (TPSA) is 98.4 Å². The zero-order chi connectivity index (χ0) is 22.9. The van der Waals surface area contributed by atoms with Gasteiger partial charge in [0.15, 0.2) is 0 Å².